The molecule has 1 aromatic heterocycles. The van der Waals surface area contributed by atoms with Gasteiger partial charge in [0.2, 0.25) is 6.04 Å². The molecule has 1 atom stereocenters. The molecule has 0 aliphatic carbocycles. The van der Waals surface area contributed by atoms with Gasteiger partial charge in [-0.25, -0.2) is 9.13 Å². The fourth-order valence-electron chi connectivity index (χ4n) is 1.26. The summed E-state index contributed by atoms with van der Waals surface area (Å²) in [5, 5.41) is 21.8. The average Bonchev–Trinajstić information content (AvgIpc) is 2.50. The Morgan fingerprint density at radius 1 is 1.81 bits per heavy atom. The molecule has 1 unspecified atom stereocenters. The second-order valence-corrected chi connectivity index (χ2v) is 3.30. The van der Waals surface area contributed by atoms with Crippen molar-refractivity contribution in [2.24, 2.45) is 12.2 Å². The third kappa shape index (κ3) is 3.20. The van der Waals surface area contributed by atoms with Gasteiger partial charge in [-0.2, -0.15) is 0 Å². The van der Waals surface area contributed by atoms with Crippen LogP contribution in [0.1, 0.15) is 12.7 Å². The molecule has 8 heteroatoms. The van der Waals surface area contributed by atoms with Crippen molar-refractivity contribution in [3.8, 4) is 0 Å². The van der Waals surface area contributed by atoms with Crippen molar-refractivity contribution in [1.82, 2.24) is 4.57 Å². The third-order valence-corrected chi connectivity index (χ3v) is 2.12. The molecule has 0 spiro atoms. The average molecular weight is 249 g/mol. The van der Waals surface area contributed by atoms with Crippen LogP contribution in [0, 0.1) is 10.1 Å². The van der Waals surface area contributed by atoms with Crippen LogP contribution in [-0.4, -0.2) is 27.0 Å². The van der Waals surface area contributed by atoms with Gasteiger partial charge in [0.05, 0.1) is 7.05 Å². The molecule has 0 radical (unpaired) electrons. The molecule has 0 bridgehead atoms. The lowest BCUT2D eigenvalue weighted by Crippen LogP contribution is -3.00. The highest BCUT2D eigenvalue weighted by molar-refractivity contribution is 5.72. The van der Waals surface area contributed by atoms with Gasteiger partial charge in [-0.1, -0.05) is 5.16 Å². The Morgan fingerprint density at radius 2 is 2.44 bits per heavy atom. The maximum Gasteiger partial charge on any atom is 0.303 e. The van der Waals surface area contributed by atoms with Crippen molar-refractivity contribution in [3.05, 3.63) is 28.3 Å². The first-order valence-electron chi connectivity index (χ1n) is 4.42. The molecule has 1 aromatic rings. The number of oxime groups is 1. The summed E-state index contributed by atoms with van der Waals surface area (Å²) in [5.41, 5.74) is 0. The zero-order chi connectivity index (χ0) is 11.4. The number of nitrogens with zero attached hydrogens (tertiary/aromatic N) is 4. The molecule has 0 amide bonds. The molecule has 0 saturated carbocycles. The topological polar surface area (TPSA) is 84.5 Å². The molecule has 0 aromatic carbocycles. The first-order valence-corrected chi connectivity index (χ1v) is 4.42. The van der Waals surface area contributed by atoms with Crippen LogP contribution in [-0.2, 0) is 13.6 Å². The predicted molar refractivity (Wildman–Crippen MR) is 51.4 cm³/mol. The zero-order valence-electron chi connectivity index (χ0n) is 8.95. The van der Waals surface area contributed by atoms with Gasteiger partial charge in [0.15, 0.2) is 12.8 Å². The fraction of sp³-hybridized carbons (Fsp3) is 0.500. The van der Waals surface area contributed by atoms with Crippen molar-refractivity contribution in [2.45, 2.75) is 19.5 Å². The van der Waals surface area contributed by atoms with E-state index in [0.29, 0.717) is 5.82 Å². The van der Waals surface area contributed by atoms with Crippen LogP contribution in [0.3, 0.4) is 0 Å². The van der Waals surface area contributed by atoms with Gasteiger partial charge in [-0.05, 0) is 0 Å². The Hall–Kier alpha value is -1.63. The molecule has 1 rings (SSSR count). The van der Waals surface area contributed by atoms with E-state index in [4.69, 9.17) is 5.21 Å². The number of hydrogen-bond donors (Lipinski definition) is 1. The van der Waals surface area contributed by atoms with Crippen LogP contribution in [0.25, 0.3) is 0 Å². The van der Waals surface area contributed by atoms with Crippen LogP contribution in [0.15, 0.2) is 17.5 Å². The smallest absolute Gasteiger partial charge is 0.303 e. The number of rotatable bonds is 4. The number of hydrogen-bond acceptors (Lipinski definition) is 4. The Kier molecular flexibility index (Phi) is 5.44. The van der Waals surface area contributed by atoms with Crippen molar-refractivity contribution < 1.29 is 27.1 Å². The predicted octanol–water partition coefficient (Wildman–Crippen LogP) is -3.21. The van der Waals surface area contributed by atoms with Gasteiger partial charge in [0.1, 0.15) is 12.4 Å². The van der Waals surface area contributed by atoms with Crippen LogP contribution in [0.2, 0.25) is 0 Å². The maximum absolute atomic E-state index is 10.5. The SMILES string of the molecule is CC(Cn1cc[n+](C)c1/C=N/O)[N+](=O)[O-].[Cl-]. The molecule has 1 N–H and O–H groups in total. The number of nitro groups is 1. The molecule has 16 heavy (non-hydrogen) atoms. The lowest BCUT2D eigenvalue weighted by molar-refractivity contribution is -0.672. The third-order valence-electron chi connectivity index (χ3n) is 2.12. The van der Waals surface area contributed by atoms with Crippen molar-refractivity contribution >= 4 is 6.21 Å². The molecule has 90 valence electrons. The van der Waals surface area contributed by atoms with Crippen LogP contribution in [0.4, 0.5) is 0 Å². The monoisotopic (exact) mass is 248 g/mol. The van der Waals surface area contributed by atoms with Gasteiger partial charge in [-0.15, -0.1) is 0 Å². The molecule has 0 aliphatic heterocycles. The minimum atomic E-state index is -0.678. The first kappa shape index (κ1) is 14.4. The summed E-state index contributed by atoms with van der Waals surface area (Å²) in [5.74, 6) is 0.603. The maximum atomic E-state index is 10.5. The number of aromatic nitrogens is 2. The van der Waals surface area contributed by atoms with E-state index in [1.54, 1.807) is 28.6 Å². The largest absolute Gasteiger partial charge is 1.00 e. The standard InChI is InChI=1S/C8H12N4O3.ClH/c1-7(12(14)15)6-11-4-3-10(2)8(11)5-9-13;/h3-5,7H,6H2,1-2H3;1H. The van der Waals surface area contributed by atoms with E-state index in [1.165, 1.54) is 13.1 Å². The van der Waals surface area contributed by atoms with Crippen molar-refractivity contribution in [2.75, 3.05) is 0 Å². The fourth-order valence-corrected chi connectivity index (χ4v) is 1.26. The van der Waals surface area contributed by atoms with E-state index in [1.807, 2.05) is 0 Å². The van der Waals surface area contributed by atoms with Crippen LogP contribution >= 0.6 is 0 Å². The Morgan fingerprint density at radius 3 is 2.94 bits per heavy atom. The Balaban J connectivity index is 0.00000225. The summed E-state index contributed by atoms with van der Waals surface area (Å²) >= 11 is 0. The molecule has 0 saturated heterocycles. The van der Waals surface area contributed by atoms with E-state index >= 15 is 0 Å². The highest BCUT2D eigenvalue weighted by Crippen LogP contribution is 1.98. The quantitative estimate of drug-likeness (QED) is 0.200. The van der Waals surface area contributed by atoms with Gasteiger partial charge >= 0.3 is 5.82 Å². The molecule has 1 heterocycles. The second-order valence-electron chi connectivity index (χ2n) is 3.30. The summed E-state index contributed by atoms with van der Waals surface area (Å²) in [4.78, 5) is 10.1. The van der Waals surface area contributed by atoms with E-state index in [0.717, 1.165) is 0 Å². The lowest BCUT2D eigenvalue weighted by Gasteiger charge is -2.01. The van der Waals surface area contributed by atoms with Crippen LogP contribution in [0.5, 0.6) is 0 Å². The normalized spacial score (nSPS) is 12.4. The Bertz CT molecular complexity index is 391. The molecule has 0 aliphatic rings. The van der Waals surface area contributed by atoms with Gasteiger partial charge in [0, 0.05) is 11.8 Å². The zero-order valence-corrected chi connectivity index (χ0v) is 9.70. The molecular formula is C8H13ClN4O3. The number of halogens is 1. The summed E-state index contributed by atoms with van der Waals surface area (Å²) in [6, 6.07) is -0.678. The summed E-state index contributed by atoms with van der Waals surface area (Å²) < 4.78 is 3.37. The molecule has 0 fully saturated rings. The van der Waals surface area contributed by atoms with E-state index in [9.17, 15) is 10.1 Å². The highest BCUT2D eigenvalue weighted by Gasteiger charge is 2.21. The van der Waals surface area contributed by atoms with Gasteiger partial charge in [-0.3, -0.25) is 10.1 Å². The number of imidazole rings is 1. The van der Waals surface area contributed by atoms with Crippen LogP contribution < -0.4 is 17.0 Å². The second kappa shape index (κ2) is 6.06. The molecule has 7 nitrogen and oxygen atoms in total. The Labute approximate surface area is 98.6 Å². The summed E-state index contributed by atoms with van der Waals surface area (Å²) in [7, 11) is 1.77. The van der Waals surface area contributed by atoms with Gasteiger partial charge in [0.25, 0.3) is 0 Å². The number of aryl methyl sites for hydroxylation is 1. The molecular weight excluding hydrogens is 236 g/mol. The van der Waals surface area contributed by atoms with E-state index < -0.39 is 6.04 Å². The van der Waals surface area contributed by atoms with Crippen molar-refractivity contribution in [3.63, 3.8) is 0 Å². The van der Waals surface area contributed by atoms with E-state index in [-0.39, 0.29) is 23.9 Å². The first-order chi connectivity index (χ1) is 7.06. The minimum absolute atomic E-state index is 0. The van der Waals surface area contributed by atoms with Crippen molar-refractivity contribution in [1.29, 1.82) is 0 Å². The van der Waals surface area contributed by atoms with Gasteiger partial charge < -0.3 is 17.6 Å². The minimum Gasteiger partial charge on any atom is -1.00 e. The summed E-state index contributed by atoms with van der Waals surface area (Å²) in [6.45, 7) is 1.77. The summed E-state index contributed by atoms with van der Waals surface area (Å²) in [6.07, 6.45) is 4.69. The van der Waals surface area contributed by atoms with E-state index in [2.05, 4.69) is 5.16 Å². The highest BCUT2D eigenvalue weighted by atomic mass is 35.5. The lowest BCUT2D eigenvalue weighted by atomic mass is 10.3.